The Morgan fingerprint density at radius 2 is 1.67 bits per heavy atom. The molecular formula is C22H19N3O2. The van der Waals surface area contributed by atoms with E-state index in [1.54, 1.807) is 14.2 Å². The SMILES string of the molecule is COc1cccc(-c2nc(-c3ncc4ccccc4n3)ccc2C)c1OC. The predicted molar refractivity (Wildman–Crippen MR) is 106 cm³/mol. The van der Waals surface area contributed by atoms with Crippen molar-refractivity contribution >= 4 is 10.9 Å². The monoisotopic (exact) mass is 357 g/mol. The average molecular weight is 357 g/mol. The van der Waals surface area contributed by atoms with Crippen LogP contribution >= 0.6 is 0 Å². The first-order valence-corrected chi connectivity index (χ1v) is 8.62. The van der Waals surface area contributed by atoms with Crippen LogP contribution in [-0.2, 0) is 0 Å². The third kappa shape index (κ3) is 3.08. The first kappa shape index (κ1) is 17.0. The average Bonchev–Trinajstić information content (AvgIpc) is 2.73. The van der Waals surface area contributed by atoms with E-state index in [0.29, 0.717) is 23.0 Å². The Morgan fingerprint density at radius 1 is 0.815 bits per heavy atom. The zero-order valence-electron chi connectivity index (χ0n) is 15.4. The summed E-state index contributed by atoms with van der Waals surface area (Å²) in [7, 11) is 3.26. The van der Waals surface area contributed by atoms with Crippen molar-refractivity contribution in [2.75, 3.05) is 14.2 Å². The number of hydrogen-bond donors (Lipinski definition) is 0. The van der Waals surface area contributed by atoms with E-state index in [2.05, 4.69) is 9.97 Å². The first-order valence-electron chi connectivity index (χ1n) is 8.62. The third-order valence-electron chi connectivity index (χ3n) is 4.47. The summed E-state index contributed by atoms with van der Waals surface area (Å²) in [4.78, 5) is 14.0. The van der Waals surface area contributed by atoms with Gasteiger partial charge >= 0.3 is 0 Å². The fourth-order valence-corrected chi connectivity index (χ4v) is 3.10. The molecule has 0 atom stereocenters. The molecule has 5 heteroatoms. The predicted octanol–water partition coefficient (Wildman–Crippen LogP) is 4.68. The Kier molecular flexibility index (Phi) is 4.42. The van der Waals surface area contributed by atoms with Gasteiger partial charge in [-0.05, 0) is 36.8 Å². The summed E-state index contributed by atoms with van der Waals surface area (Å²) in [5.74, 6) is 1.92. The number of aromatic nitrogens is 3. The van der Waals surface area contributed by atoms with Gasteiger partial charge < -0.3 is 9.47 Å². The number of aryl methyl sites for hydroxylation is 1. The summed E-state index contributed by atoms with van der Waals surface area (Å²) in [5, 5.41) is 1.00. The van der Waals surface area contributed by atoms with Crippen LogP contribution < -0.4 is 9.47 Å². The molecule has 2 aromatic heterocycles. The molecule has 0 unspecified atom stereocenters. The van der Waals surface area contributed by atoms with E-state index in [4.69, 9.17) is 14.5 Å². The molecule has 0 radical (unpaired) electrons. The maximum Gasteiger partial charge on any atom is 0.178 e. The Morgan fingerprint density at radius 3 is 2.48 bits per heavy atom. The molecule has 0 aliphatic rings. The highest BCUT2D eigenvalue weighted by Crippen LogP contribution is 2.38. The van der Waals surface area contributed by atoms with Crippen molar-refractivity contribution in [3.05, 3.63) is 66.4 Å². The van der Waals surface area contributed by atoms with Crippen LogP contribution in [0.3, 0.4) is 0 Å². The number of rotatable bonds is 4. The molecule has 0 N–H and O–H groups in total. The zero-order valence-corrected chi connectivity index (χ0v) is 15.4. The number of hydrogen-bond acceptors (Lipinski definition) is 5. The van der Waals surface area contributed by atoms with Crippen LogP contribution in [0.4, 0.5) is 0 Å². The maximum atomic E-state index is 5.58. The zero-order chi connectivity index (χ0) is 18.8. The van der Waals surface area contributed by atoms with Gasteiger partial charge in [0.15, 0.2) is 17.3 Å². The normalized spacial score (nSPS) is 10.8. The molecule has 0 aliphatic heterocycles. The van der Waals surface area contributed by atoms with Crippen molar-refractivity contribution in [3.63, 3.8) is 0 Å². The van der Waals surface area contributed by atoms with Crippen LogP contribution in [0, 0.1) is 6.92 Å². The molecule has 2 aromatic carbocycles. The largest absolute Gasteiger partial charge is 0.493 e. The molecule has 0 saturated carbocycles. The topological polar surface area (TPSA) is 57.1 Å². The molecule has 0 spiro atoms. The molecule has 0 fully saturated rings. The number of nitrogens with zero attached hydrogens (tertiary/aromatic N) is 3. The summed E-state index contributed by atoms with van der Waals surface area (Å²) < 4.78 is 11.0. The molecule has 0 bridgehead atoms. The third-order valence-corrected chi connectivity index (χ3v) is 4.47. The second-order valence-electron chi connectivity index (χ2n) is 6.16. The lowest BCUT2D eigenvalue weighted by Crippen LogP contribution is -1.98. The Balaban J connectivity index is 1.87. The lowest BCUT2D eigenvalue weighted by molar-refractivity contribution is 0.356. The van der Waals surface area contributed by atoms with Crippen LogP contribution in [0.5, 0.6) is 11.5 Å². The van der Waals surface area contributed by atoms with E-state index in [0.717, 1.165) is 27.7 Å². The lowest BCUT2D eigenvalue weighted by Gasteiger charge is -2.14. The molecule has 0 aliphatic carbocycles. The van der Waals surface area contributed by atoms with E-state index in [9.17, 15) is 0 Å². The number of ether oxygens (including phenoxy) is 2. The van der Waals surface area contributed by atoms with Gasteiger partial charge in [0.05, 0.1) is 25.4 Å². The number of pyridine rings is 1. The van der Waals surface area contributed by atoms with Crippen molar-refractivity contribution in [2.24, 2.45) is 0 Å². The highest BCUT2D eigenvalue weighted by molar-refractivity contribution is 5.80. The molecule has 27 heavy (non-hydrogen) atoms. The van der Waals surface area contributed by atoms with Gasteiger partial charge in [-0.1, -0.05) is 30.3 Å². The minimum atomic E-state index is 0.594. The van der Waals surface area contributed by atoms with Crippen molar-refractivity contribution < 1.29 is 9.47 Å². The standard InChI is InChI=1S/C22H19N3O2/c1-14-11-12-18(22-23-13-15-7-4-5-9-17(15)25-22)24-20(14)16-8-6-10-19(26-2)21(16)27-3/h4-13H,1-3H3. The molecule has 4 rings (SSSR count). The molecule has 134 valence electrons. The van der Waals surface area contributed by atoms with Gasteiger partial charge in [0.1, 0.15) is 5.69 Å². The van der Waals surface area contributed by atoms with E-state index < -0.39 is 0 Å². The lowest BCUT2D eigenvalue weighted by atomic mass is 10.0. The minimum absolute atomic E-state index is 0.594. The number of para-hydroxylation sites is 2. The van der Waals surface area contributed by atoms with Gasteiger partial charge in [-0.3, -0.25) is 0 Å². The van der Waals surface area contributed by atoms with Crippen molar-refractivity contribution in [3.8, 4) is 34.3 Å². The molecule has 4 aromatic rings. The second kappa shape index (κ2) is 7.03. The summed E-state index contributed by atoms with van der Waals surface area (Å²) >= 11 is 0. The van der Waals surface area contributed by atoms with Gasteiger partial charge in [0, 0.05) is 17.1 Å². The van der Waals surface area contributed by atoms with Crippen molar-refractivity contribution in [2.45, 2.75) is 6.92 Å². The molecule has 0 amide bonds. The van der Waals surface area contributed by atoms with Crippen molar-refractivity contribution in [1.82, 2.24) is 15.0 Å². The smallest absolute Gasteiger partial charge is 0.178 e. The van der Waals surface area contributed by atoms with Crippen LogP contribution in [0.1, 0.15) is 5.56 Å². The second-order valence-corrected chi connectivity index (χ2v) is 6.16. The summed E-state index contributed by atoms with van der Waals surface area (Å²) in [6.45, 7) is 2.02. The van der Waals surface area contributed by atoms with E-state index in [1.165, 1.54) is 0 Å². The Hall–Kier alpha value is -3.47. The maximum absolute atomic E-state index is 5.58. The Bertz CT molecular complexity index is 1130. The fourth-order valence-electron chi connectivity index (χ4n) is 3.10. The molecule has 2 heterocycles. The molecule has 0 saturated heterocycles. The quantitative estimate of drug-likeness (QED) is 0.530. The fraction of sp³-hybridized carbons (Fsp3) is 0.136. The first-order chi connectivity index (χ1) is 13.2. The van der Waals surface area contributed by atoms with Gasteiger partial charge in [0.2, 0.25) is 0 Å². The summed E-state index contributed by atoms with van der Waals surface area (Å²) in [6, 6.07) is 17.6. The van der Waals surface area contributed by atoms with Crippen LogP contribution in [0.2, 0.25) is 0 Å². The minimum Gasteiger partial charge on any atom is -0.493 e. The van der Waals surface area contributed by atoms with Gasteiger partial charge in [-0.2, -0.15) is 0 Å². The Labute approximate surface area is 157 Å². The molecular weight excluding hydrogens is 338 g/mol. The van der Waals surface area contributed by atoms with Crippen molar-refractivity contribution in [1.29, 1.82) is 0 Å². The van der Waals surface area contributed by atoms with Gasteiger partial charge in [-0.25, -0.2) is 15.0 Å². The van der Waals surface area contributed by atoms with E-state index in [-0.39, 0.29) is 0 Å². The highest BCUT2D eigenvalue weighted by atomic mass is 16.5. The van der Waals surface area contributed by atoms with Gasteiger partial charge in [-0.15, -0.1) is 0 Å². The number of fused-ring (bicyclic) bond motifs is 1. The van der Waals surface area contributed by atoms with E-state index in [1.807, 2.05) is 67.7 Å². The number of methoxy groups -OCH3 is 2. The van der Waals surface area contributed by atoms with Crippen LogP contribution in [0.15, 0.2) is 60.8 Å². The number of benzene rings is 2. The van der Waals surface area contributed by atoms with Crippen LogP contribution in [-0.4, -0.2) is 29.2 Å². The van der Waals surface area contributed by atoms with Crippen LogP contribution in [0.25, 0.3) is 33.7 Å². The highest BCUT2D eigenvalue weighted by Gasteiger charge is 2.16. The van der Waals surface area contributed by atoms with Gasteiger partial charge in [0.25, 0.3) is 0 Å². The summed E-state index contributed by atoms with van der Waals surface area (Å²) in [6.07, 6.45) is 1.82. The van der Waals surface area contributed by atoms with E-state index >= 15 is 0 Å². The summed E-state index contributed by atoms with van der Waals surface area (Å²) in [5.41, 5.74) is 4.33. The molecule has 5 nitrogen and oxygen atoms in total.